The van der Waals surface area contributed by atoms with Crippen LogP contribution in [0.25, 0.3) is 0 Å². The van der Waals surface area contributed by atoms with Gasteiger partial charge in [0, 0.05) is 31.1 Å². The lowest BCUT2D eigenvalue weighted by molar-refractivity contribution is 0.373. The molecule has 0 aliphatic carbocycles. The first-order valence-corrected chi connectivity index (χ1v) is 8.65. The van der Waals surface area contributed by atoms with Gasteiger partial charge in [-0.05, 0) is 42.5 Å². The fourth-order valence-corrected chi connectivity index (χ4v) is 3.04. The summed E-state index contributed by atoms with van der Waals surface area (Å²) >= 11 is 0. The number of benzene rings is 1. The molecule has 4 rings (SSSR count). The number of pyridine rings is 1. The third kappa shape index (κ3) is 3.71. The third-order valence-electron chi connectivity index (χ3n) is 4.42. The van der Waals surface area contributed by atoms with Crippen molar-refractivity contribution in [1.82, 2.24) is 15.1 Å². The van der Waals surface area contributed by atoms with E-state index in [1.165, 1.54) is 17.7 Å². The predicted molar refractivity (Wildman–Crippen MR) is 91.9 cm³/mol. The van der Waals surface area contributed by atoms with E-state index in [0.717, 1.165) is 37.0 Å². The minimum absolute atomic E-state index is 0.163. The average molecular weight is 356 g/mol. The SMILES string of the molecule is Fc1ccc(Cc2noc(CCc3ccc4c(n3)NCCC4)n2)c(F)c1. The van der Waals surface area contributed by atoms with Crippen LogP contribution >= 0.6 is 0 Å². The maximum Gasteiger partial charge on any atom is 0.227 e. The molecule has 0 saturated heterocycles. The molecular weight excluding hydrogens is 338 g/mol. The highest BCUT2D eigenvalue weighted by atomic mass is 19.1. The van der Waals surface area contributed by atoms with E-state index in [1.54, 1.807) is 0 Å². The third-order valence-corrected chi connectivity index (χ3v) is 4.42. The predicted octanol–water partition coefficient (Wildman–Crippen LogP) is 3.48. The molecule has 0 fully saturated rings. The van der Waals surface area contributed by atoms with Crippen molar-refractivity contribution < 1.29 is 13.3 Å². The van der Waals surface area contributed by atoms with Gasteiger partial charge in [0.2, 0.25) is 5.89 Å². The number of hydrogen-bond donors (Lipinski definition) is 1. The van der Waals surface area contributed by atoms with E-state index in [2.05, 4.69) is 26.5 Å². The molecule has 0 bridgehead atoms. The van der Waals surface area contributed by atoms with Crippen molar-refractivity contribution >= 4 is 5.82 Å². The molecular formula is C19H18F2N4O. The molecule has 3 heterocycles. The maximum absolute atomic E-state index is 13.7. The first kappa shape index (κ1) is 16.6. The van der Waals surface area contributed by atoms with Crippen LogP contribution in [0, 0.1) is 11.6 Å². The molecule has 0 amide bonds. The highest BCUT2D eigenvalue weighted by Gasteiger charge is 2.13. The highest BCUT2D eigenvalue weighted by molar-refractivity contribution is 5.47. The largest absolute Gasteiger partial charge is 0.370 e. The number of anilines is 1. The summed E-state index contributed by atoms with van der Waals surface area (Å²) in [6, 6.07) is 7.60. The molecule has 3 aromatic rings. The number of aromatic nitrogens is 3. The Morgan fingerprint density at radius 3 is 2.88 bits per heavy atom. The van der Waals surface area contributed by atoms with Crippen LogP contribution in [-0.4, -0.2) is 21.7 Å². The summed E-state index contributed by atoms with van der Waals surface area (Å²) in [7, 11) is 0. The second-order valence-corrected chi connectivity index (χ2v) is 6.36. The Labute approximate surface area is 149 Å². The number of aryl methyl sites for hydroxylation is 3. The van der Waals surface area contributed by atoms with Gasteiger partial charge in [-0.1, -0.05) is 17.3 Å². The van der Waals surface area contributed by atoms with Crippen LogP contribution in [0.3, 0.4) is 0 Å². The number of nitrogens with one attached hydrogen (secondary N) is 1. The zero-order valence-corrected chi connectivity index (χ0v) is 14.1. The Kier molecular flexibility index (Phi) is 4.60. The van der Waals surface area contributed by atoms with Crippen LogP contribution in [0.5, 0.6) is 0 Å². The molecule has 1 aliphatic rings. The first-order valence-electron chi connectivity index (χ1n) is 8.65. The first-order chi connectivity index (χ1) is 12.7. The van der Waals surface area contributed by atoms with Gasteiger partial charge in [0.15, 0.2) is 5.82 Å². The van der Waals surface area contributed by atoms with Gasteiger partial charge in [0.05, 0.1) is 0 Å². The van der Waals surface area contributed by atoms with Crippen molar-refractivity contribution in [3.05, 3.63) is 70.5 Å². The van der Waals surface area contributed by atoms with Crippen molar-refractivity contribution in [2.24, 2.45) is 0 Å². The van der Waals surface area contributed by atoms with Crippen LogP contribution in [0.2, 0.25) is 0 Å². The molecule has 7 heteroatoms. The fourth-order valence-electron chi connectivity index (χ4n) is 3.04. The molecule has 1 aliphatic heterocycles. The Morgan fingerprint density at radius 1 is 1.08 bits per heavy atom. The lowest BCUT2D eigenvalue weighted by Crippen LogP contribution is -2.14. The van der Waals surface area contributed by atoms with E-state index >= 15 is 0 Å². The van der Waals surface area contributed by atoms with E-state index in [4.69, 9.17) is 4.52 Å². The van der Waals surface area contributed by atoms with Crippen LogP contribution in [0.15, 0.2) is 34.9 Å². The van der Waals surface area contributed by atoms with Gasteiger partial charge in [0.25, 0.3) is 0 Å². The zero-order valence-electron chi connectivity index (χ0n) is 14.1. The van der Waals surface area contributed by atoms with Crippen LogP contribution in [-0.2, 0) is 25.7 Å². The molecule has 5 nitrogen and oxygen atoms in total. The van der Waals surface area contributed by atoms with Gasteiger partial charge in [0.1, 0.15) is 17.5 Å². The van der Waals surface area contributed by atoms with Crippen molar-refractivity contribution in [2.75, 3.05) is 11.9 Å². The van der Waals surface area contributed by atoms with Crippen molar-refractivity contribution in [3.63, 3.8) is 0 Å². The zero-order chi connectivity index (χ0) is 17.9. The molecule has 0 saturated carbocycles. The normalized spacial score (nSPS) is 13.3. The number of rotatable bonds is 5. The quantitative estimate of drug-likeness (QED) is 0.758. The maximum atomic E-state index is 13.7. The Morgan fingerprint density at radius 2 is 2.00 bits per heavy atom. The lowest BCUT2D eigenvalue weighted by Gasteiger charge is -2.17. The second kappa shape index (κ2) is 7.19. The van der Waals surface area contributed by atoms with Crippen molar-refractivity contribution in [2.45, 2.75) is 32.1 Å². The number of fused-ring (bicyclic) bond motifs is 1. The van der Waals surface area contributed by atoms with Crippen LogP contribution < -0.4 is 5.32 Å². The van der Waals surface area contributed by atoms with Crippen molar-refractivity contribution in [1.29, 1.82) is 0 Å². The number of nitrogens with zero attached hydrogens (tertiary/aromatic N) is 3. The number of hydrogen-bond acceptors (Lipinski definition) is 5. The summed E-state index contributed by atoms with van der Waals surface area (Å²) in [4.78, 5) is 8.93. The molecule has 0 unspecified atom stereocenters. The summed E-state index contributed by atoms with van der Waals surface area (Å²) < 4.78 is 31.9. The molecule has 0 radical (unpaired) electrons. The number of halogens is 2. The van der Waals surface area contributed by atoms with Gasteiger partial charge < -0.3 is 9.84 Å². The molecule has 0 spiro atoms. The van der Waals surface area contributed by atoms with Gasteiger partial charge in [-0.25, -0.2) is 13.8 Å². The van der Waals surface area contributed by atoms with E-state index in [0.29, 0.717) is 30.1 Å². The smallest absolute Gasteiger partial charge is 0.227 e. The topological polar surface area (TPSA) is 63.8 Å². The van der Waals surface area contributed by atoms with Crippen LogP contribution in [0.4, 0.5) is 14.6 Å². The van der Waals surface area contributed by atoms with E-state index < -0.39 is 11.6 Å². The summed E-state index contributed by atoms with van der Waals surface area (Å²) in [5, 5.41) is 7.20. The molecule has 1 N–H and O–H groups in total. The van der Waals surface area contributed by atoms with E-state index in [1.807, 2.05) is 6.07 Å². The summed E-state index contributed by atoms with van der Waals surface area (Å²) in [6.45, 7) is 0.955. The summed E-state index contributed by atoms with van der Waals surface area (Å²) in [5.41, 5.74) is 2.55. The Balaban J connectivity index is 1.39. The van der Waals surface area contributed by atoms with Crippen molar-refractivity contribution in [3.8, 4) is 0 Å². The standard InChI is InChI=1S/C19H18F2N4O/c20-14-5-3-13(16(21)11-14)10-17-24-18(26-25-17)8-7-15-6-4-12-2-1-9-22-19(12)23-15/h3-6,11H,1-2,7-10H2,(H,22,23). The monoisotopic (exact) mass is 356 g/mol. The van der Waals surface area contributed by atoms with Gasteiger partial charge >= 0.3 is 0 Å². The van der Waals surface area contributed by atoms with Gasteiger partial charge in [-0.15, -0.1) is 0 Å². The lowest BCUT2D eigenvalue weighted by atomic mass is 10.1. The summed E-state index contributed by atoms with van der Waals surface area (Å²) in [6.07, 6.45) is 3.60. The van der Waals surface area contributed by atoms with Gasteiger partial charge in [-0.2, -0.15) is 4.98 Å². The molecule has 0 atom stereocenters. The minimum atomic E-state index is -0.609. The van der Waals surface area contributed by atoms with E-state index in [-0.39, 0.29) is 6.42 Å². The summed E-state index contributed by atoms with van der Waals surface area (Å²) in [5.74, 6) is 0.613. The highest BCUT2D eigenvalue weighted by Crippen LogP contribution is 2.20. The Bertz CT molecular complexity index is 926. The second-order valence-electron chi connectivity index (χ2n) is 6.36. The van der Waals surface area contributed by atoms with Crippen LogP contribution in [0.1, 0.15) is 35.0 Å². The Hall–Kier alpha value is -2.83. The fraction of sp³-hybridized carbons (Fsp3) is 0.316. The molecule has 1 aromatic carbocycles. The molecule has 26 heavy (non-hydrogen) atoms. The average Bonchev–Trinajstić information content (AvgIpc) is 3.10. The van der Waals surface area contributed by atoms with E-state index in [9.17, 15) is 8.78 Å². The minimum Gasteiger partial charge on any atom is -0.370 e. The molecule has 2 aromatic heterocycles. The molecule has 134 valence electrons. The van der Waals surface area contributed by atoms with Gasteiger partial charge in [-0.3, -0.25) is 0 Å².